The number of thiocarbonyl (C=S) groups is 1. The maximum absolute atomic E-state index is 12.4. The highest BCUT2D eigenvalue weighted by Crippen LogP contribution is 2.31. The van der Waals surface area contributed by atoms with Gasteiger partial charge in [-0.3, -0.25) is 0 Å². The minimum absolute atomic E-state index is 0.345. The summed E-state index contributed by atoms with van der Waals surface area (Å²) in [6.45, 7) is 1.98. The van der Waals surface area contributed by atoms with E-state index in [-0.39, 0.29) is 12.0 Å². The number of fused-ring (bicyclic) bond motifs is 1. The Morgan fingerprint density at radius 3 is 2.56 bits per heavy atom. The molecule has 0 amide bonds. The van der Waals surface area contributed by atoms with Crippen molar-refractivity contribution >= 4 is 34.1 Å². The molecule has 1 aliphatic heterocycles. The number of hydrogen-bond donors (Lipinski definition) is 2. The molecule has 5 nitrogen and oxygen atoms in total. The van der Waals surface area contributed by atoms with Crippen molar-refractivity contribution in [2.24, 2.45) is 0 Å². The number of rotatable bonds is 4. The molecular weight excluding hydrogens is 336 g/mol. The Balaban J connectivity index is 2.10. The third kappa shape index (κ3) is 3.30. The molecule has 0 aliphatic carbocycles. The van der Waals surface area contributed by atoms with Crippen LogP contribution in [0, 0.1) is 0 Å². The normalized spacial score (nSPS) is 17.1. The lowest BCUT2D eigenvalue weighted by atomic mass is 9.93. The maximum Gasteiger partial charge on any atom is 0.337 e. The molecule has 0 saturated carbocycles. The fraction of sp³-hybridized carbons (Fsp3) is 0.263. The fourth-order valence-corrected chi connectivity index (χ4v) is 3.29. The minimum Gasteiger partial charge on any atom is -0.497 e. The number of methoxy groups -OCH3 is 2. The van der Waals surface area contributed by atoms with Gasteiger partial charge in [-0.05, 0) is 53.2 Å². The number of nitrogens with one attached hydrogen (secondary N) is 2. The van der Waals surface area contributed by atoms with Gasteiger partial charge in [0.05, 0.1) is 25.8 Å². The standard InChI is InChI=1S/C19H20N2O3S/c1-4-15-16(18(22)24-3)17(21-19(25)20-15)13-6-5-12-10-14(23-2)8-7-11(12)9-13/h5-10,17H,4H2,1-3H3,(H2,20,21,25)/t17-/m0/s1. The zero-order chi connectivity index (χ0) is 18.0. The molecule has 130 valence electrons. The number of esters is 1. The third-order valence-electron chi connectivity index (χ3n) is 4.32. The van der Waals surface area contributed by atoms with Gasteiger partial charge in [0.15, 0.2) is 5.11 Å². The molecule has 2 N–H and O–H groups in total. The molecule has 0 aromatic heterocycles. The predicted molar refractivity (Wildman–Crippen MR) is 101 cm³/mol. The quantitative estimate of drug-likeness (QED) is 0.648. The van der Waals surface area contributed by atoms with Gasteiger partial charge in [0, 0.05) is 5.70 Å². The van der Waals surface area contributed by atoms with Crippen molar-refractivity contribution in [1.29, 1.82) is 0 Å². The predicted octanol–water partition coefficient (Wildman–Crippen LogP) is 3.20. The van der Waals surface area contributed by atoms with Crippen LogP contribution >= 0.6 is 12.2 Å². The summed E-state index contributed by atoms with van der Waals surface area (Å²) in [5.41, 5.74) is 2.30. The van der Waals surface area contributed by atoms with Gasteiger partial charge in [0.2, 0.25) is 0 Å². The molecule has 3 rings (SSSR count). The summed E-state index contributed by atoms with van der Waals surface area (Å²) in [4.78, 5) is 12.4. The van der Waals surface area contributed by atoms with Crippen LogP contribution in [-0.2, 0) is 9.53 Å². The van der Waals surface area contributed by atoms with Gasteiger partial charge >= 0.3 is 5.97 Å². The average Bonchev–Trinajstić information content (AvgIpc) is 2.65. The van der Waals surface area contributed by atoms with Crippen LogP contribution in [0.2, 0.25) is 0 Å². The van der Waals surface area contributed by atoms with Crippen molar-refractivity contribution in [3.05, 3.63) is 53.2 Å². The van der Waals surface area contributed by atoms with E-state index < -0.39 is 0 Å². The summed E-state index contributed by atoms with van der Waals surface area (Å²) >= 11 is 5.31. The molecule has 0 radical (unpaired) electrons. The number of benzene rings is 2. The molecule has 6 heteroatoms. The van der Waals surface area contributed by atoms with E-state index in [1.54, 1.807) is 7.11 Å². The van der Waals surface area contributed by atoms with Gasteiger partial charge in [0.25, 0.3) is 0 Å². The molecule has 2 aromatic rings. The summed E-state index contributed by atoms with van der Waals surface area (Å²) in [6, 6.07) is 11.6. The lowest BCUT2D eigenvalue weighted by Crippen LogP contribution is -2.45. The van der Waals surface area contributed by atoms with Crippen LogP contribution in [0.25, 0.3) is 10.8 Å². The molecule has 0 bridgehead atoms. The second-order valence-corrected chi connectivity index (χ2v) is 6.15. The van der Waals surface area contributed by atoms with Crippen LogP contribution in [0.4, 0.5) is 0 Å². The van der Waals surface area contributed by atoms with E-state index in [0.717, 1.165) is 27.8 Å². The Morgan fingerprint density at radius 1 is 1.16 bits per heavy atom. The number of allylic oxidation sites excluding steroid dienone is 1. The zero-order valence-corrected chi connectivity index (χ0v) is 15.2. The molecule has 2 aromatic carbocycles. The van der Waals surface area contributed by atoms with Crippen molar-refractivity contribution in [1.82, 2.24) is 10.6 Å². The Morgan fingerprint density at radius 2 is 1.88 bits per heavy atom. The van der Waals surface area contributed by atoms with E-state index in [0.29, 0.717) is 17.1 Å². The maximum atomic E-state index is 12.4. The Labute approximate surface area is 152 Å². The van der Waals surface area contributed by atoms with Crippen LogP contribution in [0.15, 0.2) is 47.7 Å². The third-order valence-corrected chi connectivity index (χ3v) is 4.54. The fourth-order valence-electron chi connectivity index (χ4n) is 3.05. The smallest absolute Gasteiger partial charge is 0.337 e. The highest BCUT2D eigenvalue weighted by Gasteiger charge is 2.31. The number of hydrogen-bond acceptors (Lipinski definition) is 4. The molecule has 1 atom stereocenters. The Kier molecular flexibility index (Phi) is 4.90. The summed E-state index contributed by atoms with van der Waals surface area (Å²) in [5.74, 6) is 0.448. The molecule has 25 heavy (non-hydrogen) atoms. The topological polar surface area (TPSA) is 59.6 Å². The first-order chi connectivity index (χ1) is 12.1. The Bertz CT molecular complexity index is 876. The lowest BCUT2D eigenvalue weighted by Gasteiger charge is -2.30. The molecule has 0 fully saturated rings. The van der Waals surface area contributed by atoms with Crippen molar-refractivity contribution < 1.29 is 14.3 Å². The van der Waals surface area contributed by atoms with Gasteiger partial charge in [-0.2, -0.15) is 0 Å². The first-order valence-corrected chi connectivity index (χ1v) is 8.44. The SMILES string of the molecule is CCC1=C(C(=O)OC)[C@H](c2ccc3cc(OC)ccc3c2)NC(=S)N1. The number of ether oxygens (including phenoxy) is 2. The van der Waals surface area contributed by atoms with Crippen LogP contribution in [-0.4, -0.2) is 25.3 Å². The van der Waals surface area contributed by atoms with Crippen LogP contribution < -0.4 is 15.4 Å². The minimum atomic E-state index is -0.362. The summed E-state index contributed by atoms with van der Waals surface area (Å²) in [5, 5.41) is 8.89. The molecule has 0 spiro atoms. The van der Waals surface area contributed by atoms with E-state index >= 15 is 0 Å². The van der Waals surface area contributed by atoms with Gasteiger partial charge in [0.1, 0.15) is 5.75 Å². The van der Waals surface area contributed by atoms with Crippen molar-refractivity contribution in [3.8, 4) is 5.75 Å². The van der Waals surface area contributed by atoms with Crippen molar-refractivity contribution in [2.75, 3.05) is 14.2 Å². The van der Waals surface area contributed by atoms with Crippen LogP contribution in [0.1, 0.15) is 24.9 Å². The van der Waals surface area contributed by atoms with E-state index in [2.05, 4.69) is 16.7 Å². The van der Waals surface area contributed by atoms with Gasteiger partial charge in [-0.15, -0.1) is 0 Å². The molecular formula is C19H20N2O3S. The lowest BCUT2D eigenvalue weighted by molar-refractivity contribution is -0.136. The summed E-state index contributed by atoms with van der Waals surface area (Å²) < 4.78 is 10.3. The highest BCUT2D eigenvalue weighted by molar-refractivity contribution is 7.80. The van der Waals surface area contributed by atoms with Crippen molar-refractivity contribution in [2.45, 2.75) is 19.4 Å². The number of carbonyl (C=O) groups excluding carboxylic acids is 1. The second-order valence-electron chi connectivity index (χ2n) is 5.74. The largest absolute Gasteiger partial charge is 0.497 e. The Hall–Kier alpha value is -2.60. The molecule has 0 unspecified atom stereocenters. The van der Waals surface area contributed by atoms with E-state index in [1.807, 2.05) is 37.3 Å². The van der Waals surface area contributed by atoms with E-state index in [1.165, 1.54) is 7.11 Å². The highest BCUT2D eigenvalue weighted by atomic mass is 32.1. The van der Waals surface area contributed by atoms with Crippen molar-refractivity contribution in [3.63, 3.8) is 0 Å². The van der Waals surface area contributed by atoms with Gasteiger partial charge in [-0.25, -0.2) is 4.79 Å². The van der Waals surface area contributed by atoms with Crippen LogP contribution in [0.5, 0.6) is 5.75 Å². The molecule has 0 saturated heterocycles. The summed E-state index contributed by atoms with van der Waals surface area (Å²) in [6.07, 6.45) is 0.660. The van der Waals surface area contributed by atoms with Gasteiger partial charge < -0.3 is 20.1 Å². The summed E-state index contributed by atoms with van der Waals surface area (Å²) in [7, 11) is 3.04. The van der Waals surface area contributed by atoms with Crippen LogP contribution in [0.3, 0.4) is 0 Å². The van der Waals surface area contributed by atoms with E-state index in [4.69, 9.17) is 21.7 Å². The average molecular weight is 356 g/mol. The first-order valence-electron chi connectivity index (χ1n) is 8.04. The van der Waals surface area contributed by atoms with Gasteiger partial charge in [-0.1, -0.05) is 25.1 Å². The zero-order valence-electron chi connectivity index (χ0n) is 14.4. The first kappa shape index (κ1) is 17.2. The second kappa shape index (κ2) is 7.11. The number of carbonyl (C=O) groups is 1. The molecule has 1 aliphatic rings. The van der Waals surface area contributed by atoms with E-state index in [9.17, 15) is 4.79 Å². The molecule has 1 heterocycles. The monoisotopic (exact) mass is 356 g/mol.